The van der Waals surface area contributed by atoms with Gasteiger partial charge in [-0.25, -0.2) is 0 Å². The lowest BCUT2D eigenvalue weighted by Gasteiger charge is -2.30. The van der Waals surface area contributed by atoms with Crippen LogP contribution in [0.1, 0.15) is 0 Å². The maximum Gasteiger partial charge on any atom is 0.0555 e. The molecule has 0 spiro atoms. The Morgan fingerprint density at radius 1 is 0.226 bits per heavy atom. The van der Waals surface area contributed by atoms with E-state index < -0.39 is 0 Å². The number of fused-ring (bicyclic) bond motifs is 13. The van der Waals surface area contributed by atoms with E-state index in [4.69, 9.17) is 0 Å². The lowest BCUT2D eigenvalue weighted by molar-refractivity contribution is 1.18. The predicted octanol–water partition coefficient (Wildman–Crippen LogP) is 22.0. The van der Waals surface area contributed by atoms with Crippen molar-refractivity contribution in [1.29, 1.82) is 0 Å². The number of rotatable bonds is 10. The van der Waals surface area contributed by atoms with Gasteiger partial charge in [0.15, 0.2) is 0 Å². The van der Waals surface area contributed by atoms with Crippen LogP contribution in [0.2, 0.25) is 0 Å². The van der Waals surface area contributed by atoms with Gasteiger partial charge in [-0.3, -0.25) is 0 Å². The van der Waals surface area contributed by atoms with Crippen LogP contribution in [0.4, 0.5) is 34.1 Å². The number of benzene rings is 13. The Hall–Kier alpha value is -10.9. The number of anilines is 6. The van der Waals surface area contributed by atoms with Gasteiger partial charge in [0.05, 0.1) is 33.1 Å². The van der Waals surface area contributed by atoms with Crippen molar-refractivity contribution in [2.45, 2.75) is 0 Å². The predicted molar refractivity (Wildman–Crippen MR) is 357 cm³/mol. The SMILES string of the molecule is c1ccc(N(c2cc(-c3ccc4c(c3)c3c5sc6ccccc6c5ccc3n4-c3ccccc3)cc(N(c3ccccc3)c3ccc4c(c3)c3ccccc3n4-c3ccccc3)c2)c2ccc3c(c2)c2ccccc2n3-c2ccccc2)cc1. The second kappa shape index (κ2) is 19.4. The first-order valence-corrected chi connectivity index (χ1v) is 29.5. The highest BCUT2D eigenvalue weighted by atomic mass is 32.1. The summed E-state index contributed by atoms with van der Waals surface area (Å²) in [6.07, 6.45) is 0. The third-order valence-electron chi connectivity index (χ3n) is 16.9. The first-order chi connectivity index (χ1) is 41.7. The smallest absolute Gasteiger partial charge is 0.0555 e. The minimum Gasteiger partial charge on any atom is -0.310 e. The quantitative estimate of drug-likeness (QED) is 0.136. The molecule has 4 aromatic heterocycles. The lowest BCUT2D eigenvalue weighted by atomic mass is 9.99. The molecule has 6 heteroatoms. The highest BCUT2D eigenvalue weighted by molar-refractivity contribution is 7.26. The Morgan fingerprint density at radius 2 is 0.631 bits per heavy atom. The second-order valence-electron chi connectivity index (χ2n) is 21.7. The monoisotopic (exact) mass is 1090 g/mol. The number of nitrogens with zero attached hydrogens (tertiary/aromatic N) is 5. The molecule has 17 aromatic rings. The third-order valence-corrected chi connectivity index (χ3v) is 18.1. The van der Waals surface area contributed by atoms with Gasteiger partial charge in [0.25, 0.3) is 0 Å². The zero-order valence-corrected chi connectivity index (χ0v) is 46.4. The van der Waals surface area contributed by atoms with Crippen molar-refractivity contribution in [3.8, 4) is 28.2 Å². The summed E-state index contributed by atoms with van der Waals surface area (Å²) in [5.74, 6) is 0. The summed E-state index contributed by atoms with van der Waals surface area (Å²) in [7, 11) is 0. The molecule has 0 amide bonds. The number of aromatic nitrogens is 3. The van der Waals surface area contributed by atoms with Crippen LogP contribution < -0.4 is 9.80 Å². The van der Waals surface area contributed by atoms with Gasteiger partial charge in [0.2, 0.25) is 0 Å². The molecular formula is C78H51N5S. The molecule has 0 atom stereocenters. The summed E-state index contributed by atoms with van der Waals surface area (Å²) < 4.78 is 9.83. The van der Waals surface area contributed by atoms with Gasteiger partial charge in [0, 0.05) is 104 Å². The standard InChI is InChI=1S/C78H51N5S/c1-6-22-54(23-7-1)79(59-39-43-72-67(50-59)63-32-16-19-35-70(63)81(72)56-26-10-3-11-27-56)61-46-53(52-38-42-74-69(48-52)77-75(83(74)58-30-14-5-15-31-58)45-41-66-65-34-18-21-37-76(65)84-78(66)77)47-62(49-61)80(55-24-8-2-9-25-55)60-40-44-73-68(51-60)64-33-17-20-36-71(64)82(73)57-28-12-4-13-29-57/h1-51H. The summed E-state index contributed by atoms with van der Waals surface area (Å²) in [5.41, 5.74) is 18.9. The van der Waals surface area contributed by atoms with Crippen LogP contribution in [0, 0.1) is 0 Å². The van der Waals surface area contributed by atoms with Crippen LogP contribution in [0.5, 0.6) is 0 Å². The molecule has 0 bridgehead atoms. The topological polar surface area (TPSA) is 21.3 Å². The van der Waals surface area contributed by atoms with Crippen molar-refractivity contribution in [3.63, 3.8) is 0 Å². The summed E-state index contributed by atoms with van der Waals surface area (Å²) in [4.78, 5) is 4.89. The third kappa shape index (κ3) is 7.62. The van der Waals surface area contributed by atoms with E-state index in [9.17, 15) is 0 Å². The van der Waals surface area contributed by atoms with Crippen molar-refractivity contribution in [2.24, 2.45) is 0 Å². The maximum atomic E-state index is 2.46. The molecular weight excluding hydrogens is 1040 g/mol. The highest BCUT2D eigenvalue weighted by Gasteiger charge is 2.24. The van der Waals surface area contributed by atoms with Gasteiger partial charge in [-0.05, 0) is 163 Å². The molecule has 4 heterocycles. The van der Waals surface area contributed by atoms with Crippen LogP contribution in [-0.2, 0) is 0 Å². The Labute approximate surface area is 489 Å². The van der Waals surface area contributed by atoms with E-state index in [2.05, 4.69) is 333 Å². The summed E-state index contributed by atoms with van der Waals surface area (Å²) in [5, 5.41) is 9.85. The number of para-hydroxylation sites is 7. The van der Waals surface area contributed by atoms with E-state index >= 15 is 0 Å². The summed E-state index contributed by atoms with van der Waals surface area (Å²) in [6.45, 7) is 0. The van der Waals surface area contributed by atoms with E-state index in [-0.39, 0.29) is 0 Å². The molecule has 0 unspecified atom stereocenters. The minimum absolute atomic E-state index is 1.03. The molecule has 0 radical (unpaired) electrons. The number of thiophene rings is 1. The molecule has 5 nitrogen and oxygen atoms in total. The molecule has 0 aliphatic rings. The van der Waals surface area contributed by atoms with Crippen molar-refractivity contribution in [1.82, 2.24) is 13.7 Å². The number of hydrogen-bond donors (Lipinski definition) is 0. The second-order valence-corrected chi connectivity index (χ2v) is 22.7. The van der Waals surface area contributed by atoms with E-state index in [1.54, 1.807) is 0 Å². The van der Waals surface area contributed by atoms with Crippen LogP contribution >= 0.6 is 11.3 Å². The van der Waals surface area contributed by atoms with Crippen LogP contribution in [0.3, 0.4) is 0 Å². The fourth-order valence-electron chi connectivity index (χ4n) is 13.3. The van der Waals surface area contributed by atoms with Crippen molar-refractivity contribution in [3.05, 3.63) is 309 Å². The molecule has 394 valence electrons. The highest BCUT2D eigenvalue weighted by Crippen LogP contribution is 2.49. The van der Waals surface area contributed by atoms with Gasteiger partial charge in [-0.1, -0.05) is 158 Å². The van der Waals surface area contributed by atoms with Gasteiger partial charge < -0.3 is 23.5 Å². The Balaban J connectivity index is 0.942. The maximum absolute atomic E-state index is 2.46. The number of hydrogen-bond acceptors (Lipinski definition) is 3. The zero-order valence-electron chi connectivity index (χ0n) is 45.6. The largest absolute Gasteiger partial charge is 0.310 e. The molecule has 0 aliphatic heterocycles. The fourth-order valence-corrected chi connectivity index (χ4v) is 14.6. The van der Waals surface area contributed by atoms with E-state index in [0.717, 1.165) is 73.3 Å². The fraction of sp³-hybridized carbons (Fsp3) is 0. The molecule has 13 aromatic carbocycles. The van der Waals surface area contributed by atoms with Crippen LogP contribution in [0.25, 0.3) is 114 Å². The van der Waals surface area contributed by atoms with Crippen LogP contribution in [0.15, 0.2) is 309 Å². The lowest BCUT2D eigenvalue weighted by Crippen LogP contribution is -2.13. The average Bonchev–Trinajstić information content (AvgIpc) is 2.48. The first kappa shape index (κ1) is 47.8. The van der Waals surface area contributed by atoms with Gasteiger partial charge in [-0.2, -0.15) is 0 Å². The summed E-state index contributed by atoms with van der Waals surface area (Å²) in [6, 6.07) is 113. The first-order valence-electron chi connectivity index (χ1n) is 28.7. The van der Waals surface area contributed by atoms with E-state index in [1.165, 1.54) is 74.6 Å². The molecule has 0 saturated heterocycles. The van der Waals surface area contributed by atoms with Gasteiger partial charge in [0.1, 0.15) is 0 Å². The van der Waals surface area contributed by atoms with E-state index in [0.29, 0.717) is 0 Å². The van der Waals surface area contributed by atoms with Crippen molar-refractivity contribution in [2.75, 3.05) is 9.80 Å². The molecule has 0 N–H and O–H groups in total. The average molecular weight is 1090 g/mol. The molecule has 84 heavy (non-hydrogen) atoms. The van der Waals surface area contributed by atoms with Crippen molar-refractivity contribution < 1.29 is 0 Å². The van der Waals surface area contributed by atoms with E-state index in [1.807, 2.05) is 11.3 Å². The van der Waals surface area contributed by atoms with Gasteiger partial charge in [-0.15, -0.1) is 11.3 Å². The van der Waals surface area contributed by atoms with Gasteiger partial charge >= 0.3 is 0 Å². The molecule has 0 aliphatic carbocycles. The normalized spacial score (nSPS) is 11.8. The zero-order chi connectivity index (χ0) is 55.2. The Kier molecular flexibility index (Phi) is 11.0. The van der Waals surface area contributed by atoms with Crippen LogP contribution in [-0.4, -0.2) is 13.7 Å². The Morgan fingerprint density at radius 3 is 1.15 bits per heavy atom. The minimum atomic E-state index is 1.03. The molecule has 17 rings (SSSR count). The molecule has 0 saturated carbocycles. The Bertz CT molecular complexity index is 5150. The molecule has 0 fully saturated rings. The summed E-state index contributed by atoms with van der Waals surface area (Å²) >= 11 is 1.89. The van der Waals surface area contributed by atoms with Crippen molar-refractivity contribution >= 4 is 131 Å².